The molecule has 0 aliphatic rings. The minimum Gasteiger partial charge on any atom is -0.308 e. The number of likely N-dealkylation sites (N-methyl/N-ethyl adjacent to an activating group) is 1. The number of anilines is 1. The van der Waals surface area contributed by atoms with Crippen molar-refractivity contribution < 1.29 is 4.79 Å². The first kappa shape index (κ1) is 18.8. The van der Waals surface area contributed by atoms with Crippen LogP contribution in [0.2, 0.25) is 0 Å². The summed E-state index contributed by atoms with van der Waals surface area (Å²) in [7, 11) is 4.01. The second-order valence-corrected chi connectivity index (χ2v) is 8.94. The van der Waals surface area contributed by atoms with E-state index in [0.717, 1.165) is 29.9 Å². The van der Waals surface area contributed by atoms with E-state index in [9.17, 15) is 4.79 Å². The molecule has 0 spiro atoms. The van der Waals surface area contributed by atoms with Crippen LogP contribution in [0.15, 0.2) is 46.9 Å². The van der Waals surface area contributed by atoms with Crippen molar-refractivity contribution in [1.29, 1.82) is 0 Å². The highest BCUT2D eigenvalue weighted by atomic mass is 127. The number of hydrogen-bond acceptors (Lipinski definition) is 4. The highest BCUT2D eigenvalue weighted by Gasteiger charge is 2.22. The lowest BCUT2D eigenvalue weighted by Gasteiger charge is -2.22. The van der Waals surface area contributed by atoms with Gasteiger partial charge in [0.1, 0.15) is 0 Å². The summed E-state index contributed by atoms with van der Waals surface area (Å²) in [5.74, 6) is -0.00929. The molecule has 0 radical (unpaired) electrons. The van der Waals surface area contributed by atoms with E-state index in [1.165, 1.54) is 0 Å². The summed E-state index contributed by atoms with van der Waals surface area (Å²) in [6, 6.07) is 13.6. The number of hydrogen-bond donors (Lipinski definition) is 0. The van der Waals surface area contributed by atoms with Crippen molar-refractivity contribution >= 4 is 71.1 Å². The van der Waals surface area contributed by atoms with Gasteiger partial charge in [0.2, 0.25) is 0 Å². The van der Waals surface area contributed by atoms with Crippen molar-refractivity contribution in [2.75, 3.05) is 32.1 Å². The molecule has 1 amide bonds. The molecule has 1 aromatic heterocycles. The molecule has 2 aromatic carbocycles. The molecule has 0 saturated heterocycles. The topological polar surface area (TPSA) is 36.4 Å². The molecular formula is C18H17BrIN3OS. The summed E-state index contributed by atoms with van der Waals surface area (Å²) >= 11 is 7.25. The number of aromatic nitrogens is 1. The minimum absolute atomic E-state index is 0.00929. The molecule has 25 heavy (non-hydrogen) atoms. The number of carbonyl (C=O) groups is 1. The third-order valence-electron chi connectivity index (χ3n) is 3.69. The fourth-order valence-corrected chi connectivity index (χ4v) is 4.53. The Morgan fingerprint density at radius 2 is 1.96 bits per heavy atom. The highest BCUT2D eigenvalue weighted by molar-refractivity contribution is 14.1. The summed E-state index contributed by atoms with van der Waals surface area (Å²) in [6.07, 6.45) is 0. The molecule has 0 fully saturated rings. The van der Waals surface area contributed by atoms with E-state index in [1.54, 1.807) is 16.2 Å². The Morgan fingerprint density at radius 3 is 2.68 bits per heavy atom. The lowest BCUT2D eigenvalue weighted by atomic mass is 10.2. The Kier molecular flexibility index (Phi) is 6.08. The number of rotatable bonds is 5. The molecule has 130 valence electrons. The summed E-state index contributed by atoms with van der Waals surface area (Å²) in [5.41, 5.74) is 1.62. The summed E-state index contributed by atoms with van der Waals surface area (Å²) in [5, 5.41) is 0.736. The van der Waals surface area contributed by atoms with Gasteiger partial charge in [0.15, 0.2) is 5.13 Å². The zero-order chi connectivity index (χ0) is 18.0. The number of amides is 1. The number of fused-ring (bicyclic) bond motifs is 1. The molecule has 0 atom stereocenters. The van der Waals surface area contributed by atoms with E-state index >= 15 is 0 Å². The smallest absolute Gasteiger partial charge is 0.261 e. The monoisotopic (exact) mass is 529 g/mol. The maximum absolute atomic E-state index is 13.2. The van der Waals surface area contributed by atoms with Gasteiger partial charge in [-0.1, -0.05) is 39.4 Å². The number of thiazole rings is 1. The molecule has 0 bridgehead atoms. The van der Waals surface area contributed by atoms with Crippen LogP contribution >= 0.6 is 49.9 Å². The molecular weight excluding hydrogens is 513 g/mol. The third kappa shape index (κ3) is 4.39. The van der Waals surface area contributed by atoms with Gasteiger partial charge in [0.05, 0.1) is 15.8 Å². The van der Waals surface area contributed by atoms with E-state index in [4.69, 9.17) is 4.98 Å². The van der Waals surface area contributed by atoms with Gasteiger partial charge in [-0.3, -0.25) is 9.69 Å². The molecule has 0 aliphatic carbocycles. The van der Waals surface area contributed by atoms with Gasteiger partial charge in [0.25, 0.3) is 5.91 Å². The van der Waals surface area contributed by atoms with Crippen molar-refractivity contribution in [3.63, 3.8) is 0 Å². The third-order valence-corrected chi connectivity index (χ3v) is 6.17. The van der Waals surface area contributed by atoms with Crippen LogP contribution in [0.25, 0.3) is 10.2 Å². The predicted molar refractivity (Wildman–Crippen MR) is 117 cm³/mol. The Balaban J connectivity index is 2.01. The first-order valence-corrected chi connectivity index (χ1v) is 10.4. The number of halogens is 2. The van der Waals surface area contributed by atoms with Gasteiger partial charge in [-0.25, -0.2) is 4.98 Å². The average Bonchev–Trinajstić information content (AvgIpc) is 2.97. The van der Waals surface area contributed by atoms with Crippen molar-refractivity contribution in [3.05, 3.63) is 56.1 Å². The summed E-state index contributed by atoms with van der Waals surface area (Å²) < 4.78 is 3.03. The van der Waals surface area contributed by atoms with E-state index in [2.05, 4.69) is 43.4 Å². The first-order valence-electron chi connectivity index (χ1n) is 7.73. The molecule has 3 rings (SSSR count). The number of benzene rings is 2. The van der Waals surface area contributed by atoms with Crippen molar-refractivity contribution in [3.8, 4) is 0 Å². The second kappa shape index (κ2) is 8.11. The van der Waals surface area contributed by atoms with Crippen LogP contribution in [0.4, 0.5) is 5.13 Å². The van der Waals surface area contributed by atoms with Crippen LogP contribution < -0.4 is 4.90 Å². The minimum atomic E-state index is -0.00929. The standard InChI is InChI=1S/C18H17BrIN3OS/c1-22(2)9-10-23(17(24)13-5-3-4-6-14(13)20)18-21-15-8-7-12(19)11-16(15)25-18/h3-8,11H,9-10H2,1-2H3. The lowest BCUT2D eigenvalue weighted by molar-refractivity contribution is 0.0984. The molecule has 0 aliphatic heterocycles. The van der Waals surface area contributed by atoms with Crippen LogP contribution in [0.5, 0.6) is 0 Å². The molecule has 7 heteroatoms. The first-order chi connectivity index (χ1) is 12.0. The van der Waals surface area contributed by atoms with E-state index in [0.29, 0.717) is 12.1 Å². The molecule has 0 unspecified atom stereocenters. The molecule has 3 aromatic rings. The van der Waals surface area contributed by atoms with Crippen molar-refractivity contribution in [2.24, 2.45) is 0 Å². The van der Waals surface area contributed by atoms with Gasteiger partial charge < -0.3 is 4.90 Å². The van der Waals surface area contributed by atoms with E-state index in [-0.39, 0.29) is 5.91 Å². The van der Waals surface area contributed by atoms with Gasteiger partial charge in [-0.15, -0.1) is 0 Å². The zero-order valence-electron chi connectivity index (χ0n) is 13.9. The number of carbonyl (C=O) groups excluding carboxylic acids is 1. The summed E-state index contributed by atoms with van der Waals surface area (Å²) in [4.78, 5) is 21.7. The van der Waals surface area contributed by atoms with Crippen LogP contribution in [0, 0.1) is 3.57 Å². The molecule has 4 nitrogen and oxygen atoms in total. The van der Waals surface area contributed by atoms with E-state index < -0.39 is 0 Å². The Hall–Kier alpha value is -1.03. The predicted octanol–water partition coefficient (Wildman–Crippen LogP) is 4.87. The fourth-order valence-electron chi connectivity index (χ4n) is 2.37. The lowest BCUT2D eigenvalue weighted by Crippen LogP contribution is -2.37. The maximum atomic E-state index is 13.2. The molecule has 0 N–H and O–H groups in total. The van der Waals surface area contributed by atoms with Crippen LogP contribution in [0.1, 0.15) is 10.4 Å². The molecule has 1 heterocycles. The van der Waals surface area contributed by atoms with Gasteiger partial charge in [-0.2, -0.15) is 0 Å². The summed E-state index contributed by atoms with van der Waals surface area (Å²) in [6.45, 7) is 1.37. The van der Waals surface area contributed by atoms with Gasteiger partial charge in [0, 0.05) is 21.1 Å². The van der Waals surface area contributed by atoms with Crippen molar-refractivity contribution in [1.82, 2.24) is 9.88 Å². The normalized spacial score (nSPS) is 11.2. The Morgan fingerprint density at radius 1 is 1.20 bits per heavy atom. The maximum Gasteiger partial charge on any atom is 0.261 e. The Bertz CT molecular complexity index is 912. The quantitative estimate of drug-likeness (QED) is 0.442. The van der Waals surface area contributed by atoms with Crippen LogP contribution in [-0.2, 0) is 0 Å². The zero-order valence-corrected chi connectivity index (χ0v) is 18.4. The largest absolute Gasteiger partial charge is 0.308 e. The van der Waals surface area contributed by atoms with Crippen molar-refractivity contribution in [2.45, 2.75) is 0 Å². The number of nitrogens with zero attached hydrogens (tertiary/aromatic N) is 3. The van der Waals surface area contributed by atoms with Crippen LogP contribution in [-0.4, -0.2) is 43.0 Å². The van der Waals surface area contributed by atoms with Crippen LogP contribution in [0.3, 0.4) is 0 Å². The second-order valence-electron chi connectivity index (χ2n) is 5.85. The average molecular weight is 530 g/mol. The van der Waals surface area contributed by atoms with Gasteiger partial charge >= 0.3 is 0 Å². The molecule has 0 saturated carbocycles. The Labute approximate surface area is 173 Å². The van der Waals surface area contributed by atoms with Gasteiger partial charge in [-0.05, 0) is 67.0 Å². The highest BCUT2D eigenvalue weighted by Crippen LogP contribution is 2.32. The fraction of sp³-hybridized carbons (Fsp3) is 0.222. The van der Waals surface area contributed by atoms with E-state index in [1.807, 2.05) is 56.6 Å². The SMILES string of the molecule is CN(C)CCN(C(=O)c1ccccc1I)c1nc2ccc(Br)cc2s1.